The molecule has 0 aliphatic carbocycles. The van der Waals surface area contributed by atoms with Gasteiger partial charge in [0.2, 0.25) is 5.91 Å². The number of anilines is 2. The maximum atomic E-state index is 13.1. The summed E-state index contributed by atoms with van der Waals surface area (Å²) in [5.74, 6) is 0.670. The lowest BCUT2D eigenvalue weighted by Gasteiger charge is -2.20. The van der Waals surface area contributed by atoms with Crippen LogP contribution < -0.4 is 19.1 Å². The van der Waals surface area contributed by atoms with E-state index in [1.807, 2.05) is 6.07 Å². The quantitative estimate of drug-likeness (QED) is 0.749. The highest BCUT2D eigenvalue weighted by molar-refractivity contribution is 9.10. The van der Waals surface area contributed by atoms with Gasteiger partial charge in [0.15, 0.2) is 0 Å². The van der Waals surface area contributed by atoms with Crippen LogP contribution in [0.15, 0.2) is 39.7 Å². The SMILES string of the molecule is COc1ccc(NS(=O)(=O)c2cc(Br)cc3c2N(C(C)=O)CC3)c(OC)c1. The first-order valence-electron chi connectivity index (χ1n) is 8.12. The van der Waals surface area contributed by atoms with Gasteiger partial charge in [0, 0.05) is 24.0 Å². The van der Waals surface area contributed by atoms with Gasteiger partial charge in [0.05, 0.1) is 25.6 Å². The molecule has 1 aliphatic heterocycles. The molecule has 1 amide bonds. The van der Waals surface area contributed by atoms with E-state index in [-0.39, 0.29) is 16.5 Å². The van der Waals surface area contributed by atoms with E-state index >= 15 is 0 Å². The molecule has 0 radical (unpaired) electrons. The molecule has 7 nitrogen and oxygen atoms in total. The van der Waals surface area contributed by atoms with Crippen molar-refractivity contribution in [3.8, 4) is 11.5 Å². The lowest BCUT2D eigenvalue weighted by molar-refractivity contribution is -0.116. The summed E-state index contributed by atoms with van der Waals surface area (Å²) in [6.07, 6.45) is 0.600. The summed E-state index contributed by atoms with van der Waals surface area (Å²) in [5.41, 5.74) is 1.51. The van der Waals surface area contributed by atoms with Gasteiger partial charge in [-0.1, -0.05) is 15.9 Å². The molecule has 1 N–H and O–H groups in total. The molecule has 0 fully saturated rings. The van der Waals surface area contributed by atoms with Crippen LogP contribution in [0.1, 0.15) is 12.5 Å². The molecule has 0 saturated heterocycles. The van der Waals surface area contributed by atoms with Gasteiger partial charge in [-0.3, -0.25) is 9.52 Å². The third kappa shape index (κ3) is 3.74. The third-order valence-corrected chi connectivity index (χ3v) is 6.15. The predicted octanol–water partition coefficient (Wildman–Crippen LogP) is 3.18. The van der Waals surface area contributed by atoms with E-state index in [2.05, 4.69) is 20.7 Å². The summed E-state index contributed by atoms with van der Waals surface area (Å²) in [6, 6.07) is 8.12. The van der Waals surface area contributed by atoms with Gasteiger partial charge in [0.25, 0.3) is 10.0 Å². The minimum Gasteiger partial charge on any atom is -0.497 e. The van der Waals surface area contributed by atoms with Crippen molar-refractivity contribution >= 4 is 43.2 Å². The number of benzene rings is 2. The fourth-order valence-corrected chi connectivity index (χ4v) is 5.07. The molecular weight excluding hydrogens is 436 g/mol. The summed E-state index contributed by atoms with van der Waals surface area (Å²) in [6.45, 7) is 1.88. The second-order valence-electron chi connectivity index (χ2n) is 6.00. The second-order valence-corrected chi connectivity index (χ2v) is 8.57. The third-order valence-electron chi connectivity index (χ3n) is 4.32. The maximum Gasteiger partial charge on any atom is 0.264 e. The van der Waals surface area contributed by atoms with Crippen LogP contribution in [0.3, 0.4) is 0 Å². The van der Waals surface area contributed by atoms with Crippen LogP contribution >= 0.6 is 15.9 Å². The van der Waals surface area contributed by atoms with Gasteiger partial charge in [0.1, 0.15) is 16.4 Å². The molecule has 0 unspecified atom stereocenters. The van der Waals surface area contributed by atoms with Crippen LogP contribution in [0.5, 0.6) is 11.5 Å². The maximum absolute atomic E-state index is 13.1. The highest BCUT2D eigenvalue weighted by Crippen LogP contribution is 2.39. The van der Waals surface area contributed by atoms with Crippen LogP contribution in [-0.4, -0.2) is 35.1 Å². The van der Waals surface area contributed by atoms with Crippen LogP contribution in [-0.2, 0) is 21.2 Å². The van der Waals surface area contributed by atoms with Crippen molar-refractivity contribution in [1.29, 1.82) is 0 Å². The molecule has 0 aromatic heterocycles. The molecule has 2 aromatic rings. The number of fused-ring (bicyclic) bond motifs is 1. The molecule has 0 bridgehead atoms. The number of nitrogens with zero attached hydrogens (tertiary/aromatic N) is 1. The van der Waals surface area contributed by atoms with E-state index < -0.39 is 10.0 Å². The van der Waals surface area contributed by atoms with E-state index in [1.165, 1.54) is 32.1 Å². The first-order chi connectivity index (χ1) is 12.8. The van der Waals surface area contributed by atoms with Crippen LogP contribution in [0.4, 0.5) is 11.4 Å². The number of methoxy groups -OCH3 is 2. The molecule has 144 valence electrons. The lowest BCUT2D eigenvalue weighted by Crippen LogP contribution is -2.28. The van der Waals surface area contributed by atoms with Gasteiger partial charge >= 0.3 is 0 Å². The number of carbonyl (C=O) groups excluding carboxylic acids is 1. The zero-order valence-electron chi connectivity index (χ0n) is 15.1. The highest BCUT2D eigenvalue weighted by Gasteiger charge is 2.31. The molecule has 0 atom stereocenters. The average Bonchev–Trinajstić information content (AvgIpc) is 3.04. The Morgan fingerprint density at radius 1 is 1.19 bits per heavy atom. The number of ether oxygens (including phenoxy) is 2. The smallest absolute Gasteiger partial charge is 0.264 e. The Labute approximate surface area is 166 Å². The highest BCUT2D eigenvalue weighted by atomic mass is 79.9. The summed E-state index contributed by atoms with van der Waals surface area (Å²) in [4.78, 5) is 13.5. The van der Waals surface area contributed by atoms with Crippen molar-refractivity contribution in [2.75, 3.05) is 30.4 Å². The van der Waals surface area contributed by atoms with Crippen LogP contribution in [0.2, 0.25) is 0 Å². The average molecular weight is 455 g/mol. The van der Waals surface area contributed by atoms with Crippen molar-refractivity contribution in [1.82, 2.24) is 0 Å². The lowest BCUT2D eigenvalue weighted by atomic mass is 10.2. The number of carbonyl (C=O) groups is 1. The zero-order chi connectivity index (χ0) is 19.8. The van der Waals surface area contributed by atoms with Crippen molar-refractivity contribution in [2.24, 2.45) is 0 Å². The van der Waals surface area contributed by atoms with E-state index in [0.29, 0.717) is 34.6 Å². The molecule has 3 rings (SSSR count). The number of sulfonamides is 1. The first kappa shape index (κ1) is 19.5. The molecule has 0 saturated carbocycles. The molecule has 27 heavy (non-hydrogen) atoms. The Bertz CT molecular complexity index is 1010. The van der Waals surface area contributed by atoms with E-state index in [4.69, 9.17) is 9.47 Å². The van der Waals surface area contributed by atoms with Gasteiger partial charge in [-0.25, -0.2) is 8.42 Å². The molecule has 1 aliphatic rings. The van der Waals surface area contributed by atoms with E-state index in [0.717, 1.165) is 5.56 Å². The number of amides is 1. The fourth-order valence-electron chi connectivity index (χ4n) is 3.07. The summed E-state index contributed by atoms with van der Waals surface area (Å²) >= 11 is 3.36. The molecule has 9 heteroatoms. The van der Waals surface area contributed by atoms with Gasteiger partial charge in [-0.05, 0) is 36.2 Å². The van der Waals surface area contributed by atoms with Crippen molar-refractivity contribution in [3.05, 3.63) is 40.4 Å². The standard InChI is InChI=1S/C18H19BrN2O5S/c1-11(22)21-7-6-12-8-13(19)9-17(18(12)21)27(23,24)20-15-5-4-14(25-2)10-16(15)26-3/h4-5,8-10,20H,6-7H2,1-3H3. The molecule has 0 spiro atoms. The van der Waals surface area contributed by atoms with Gasteiger partial charge in [-0.2, -0.15) is 0 Å². The molecule has 1 heterocycles. The van der Waals surface area contributed by atoms with E-state index in [9.17, 15) is 13.2 Å². The van der Waals surface area contributed by atoms with Crippen molar-refractivity contribution in [3.63, 3.8) is 0 Å². The fraction of sp³-hybridized carbons (Fsp3) is 0.278. The Hall–Kier alpha value is -2.26. The monoisotopic (exact) mass is 454 g/mol. The number of nitrogens with one attached hydrogen (secondary N) is 1. The molecular formula is C18H19BrN2O5S. The normalized spacial score (nSPS) is 13.3. The number of rotatable bonds is 5. The largest absolute Gasteiger partial charge is 0.497 e. The molecule has 2 aromatic carbocycles. The Kier molecular flexibility index (Phi) is 5.34. The second kappa shape index (κ2) is 7.40. The minimum atomic E-state index is -3.97. The predicted molar refractivity (Wildman–Crippen MR) is 106 cm³/mol. The number of hydrogen-bond donors (Lipinski definition) is 1. The zero-order valence-corrected chi connectivity index (χ0v) is 17.5. The summed E-state index contributed by atoms with van der Waals surface area (Å²) in [5, 5.41) is 0. The topological polar surface area (TPSA) is 84.9 Å². The Morgan fingerprint density at radius 2 is 1.93 bits per heavy atom. The van der Waals surface area contributed by atoms with E-state index in [1.54, 1.807) is 18.2 Å². The van der Waals surface area contributed by atoms with Crippen LogP contribution in [0.25, 0.3) is 0 Å². The van der Waals surface area contributed by atoms with Crippen molar-refractivity contribution < 1.29 is 22.7 Å². The van der Waals surface area contributed by atoms with Gasteiger partial charge in [-0.15, -0.1) is 0 Å². The Morgan fingerprint density at radius 3 is 2.56 bits per heavy atom. The summed E-state index contributed by atoms with van der Waals surface area (Å²) < 4.78 is 39.9. The number of halogens is 1. The Balaban J connectivity index is 2.08. The number of hydrogen-bond acceptors (Lipinski definition) is 5. The van der Waals surface area contributed by atoms with Crippen molar-refractivity contribution in [2.45, 2.75) is 18.2 Å². The first-order valence-corrected chi connectivity index (χ1v) is 10.4. The van der Waals surface area contributed by atoms with Crippen LogP contribution in [0, 0.1) is 0 Å². The van der Waals surface area contributed by atoms with Gasteiger partial charge < -0.3 is 14.4 Å². The minimum absolute atomic E-state index is 0.0393. The summed E-state index contributed by atoms with van der Waals surface area (Å²) in [7, 11) is -1.02.